The molecule has 2 fully saturated rings. The molecular weight excluding hydrogens is 337 g/mol. The second kappa shape index (κ2) is 7.55. The van der Waals surface area contributed by atoms with Crippen molar-refractivity contribution in [2.75, 3.05) is 32.9 Å². The Hall–Kier alpha value is -2.25. The molecule has 2 aliphatic heterocycles. The van der Waals surface area contributed by atoms with Gasteiger partial charge in [0, 0.05) is 31.2 Å². The molecule has 1 aromatic heterocycles. The van der Waals surface area contributed by atoms with Crippen molar-refractivity contribution in [1.82, 2.24) is 15.1 Å². The zero-order valence-corrected chi connectivity index (χ0v) is 14.5. The maximum absolute atomic E-state index is 14.1. The second-order valence-electron chi connectivity index (χ2n) is 6.72. The third kappa shape index (κ3) is 3.37. The number of rotatable bonds is 3. The minimum Gasteiger partial charge on any atom is -0.381 e. The molecule has 2 aromatic rings. The molecule has 1 atom stereocenters. The number of amides is 1. The SMILES string of the molecule is O=C(c1cn[nH]c1C1CCOCC1)N1CCOC(c2ccccc2F)C1. The highest BCUT2D eigenvalue weighted by atomic mass is 19.1. The first kappa shape index (κ1) is 17.2. The van der Waals surface area contributed by atoms with Gasteiger partial charge in [-0.15, -0.1) is 0 Å². The van der Waals surface area contributed by atoms with Gasteiger partial charge in [-0.05, 0) is 18.9 Å². The smallest absolute Gasteiger partial charge is 0.257 e. The largest absolute Gasteiger partial charge is 0.381 e. The van der Waals surface area contributed by atoms with Gasteiger partial charge in [-0.1, -0.05) is 18.2 Å². The van der Waals surface area contributed by atoms with Crippen LogP contribution in [0.3, 0.4) is 0 Å². The molecule has 138 valence electrons. The van der Waals surface area contributed by atoms with E-state index in [9.17, 15) is 9.18 Å². The summed E-state index contributed by atoms with van der Waals surface area (Å²) in [7, 11) is 0. The van der Waals surface area contributed by atoms with Crippen LogP contribution in [-0.2, 0) is 9.47 Å². The number of aromatic nitrogens is 2. The third-order valence-electron chi connectivity index (χ3n) is 5.13. The van der Waals surface area contributed by atoms with Gasteiger partial charge in [-0.2, -0.15) is 5.10 Å². The monoisotopic (exact) mass is 359 g/mol. The summed E-state index contributed by atoms with van der Waals surface area (Å²) in [6.45, 7) is 2.60. The van der Waals surface area contributed by atoms with E-state index in [1.165, 1.54) is 6.07 Å². The average Bonchev–Trinajstić information content (AvgIpc) is 3.18. The summed E-state index contributed by atoms with van der Waals surface area (Å²) >= 11 is 0. The van der Waals surface area contributed by atoms with Crippen LogP contribution < -0.4 is 0 Å². The van der Waals surface area contributed by atoms with Crippen LogP contribution in [0.5, 0.6) is 0 Å². The Labute approximate surface area is 151 Å². The number of carbonyl (C=O) groups is 1. The summed E-state index contributed by atoms with van der Waals surface area (Å²) in [6.07, 6.45) is 2.90. The zero-order chi connectivity index (χ0) is 17.9. The van der Waals surface area contributed by atoms with Crippen LogP contribution in [0, 0.1) is 5.82 Å². The summed E-state index contributed by atoms with van der Waals surface area (Å²) in [5.41, 5.74) is 1.97. The lowest BCUT2D eigenvalue weighted by molar-refractivity contribution is -0.0243. The lowest BCUT2D eigenvalue weighted by Crippen LogP contribution is -2.42. The second-order valence-corrected chi connectivity index (χ2v) is 6.72. The summed E-state index contributed by atoms with van der Waals surface area (Å²) in [6, 6.07) is 6.55. The van der Waals surface area contributed by atoms with Crippen LogP contribution in [0.15, 0.2) is 30.5 Å². The molecule has 6 nitrogen and oxygen atoms in total. The molecule has 3 heterocycles. The molecule has 1 amide bonds. The molecule has 0 radical (unpaired) electrons. The molecule has 26 heavy (non-hydrogen) atoms. The topological polar surface area (TPSA) is 67.5 Å². The van der Waals surface area contributed by atoms with Gasteiger partial charge in [0.25, 0.3) is 5.91 Å². The summed E-state index contributed by atoms with van der Waals surface area (Å²) in [5.74, 6) is -0.128. The first-order valence-corrected chi connectivity index (χ1v) is 9.00. The van der Waals surface area contributed by atoms with Gasteiger partial charge in [0.05, 0.1) is 30.6 Å². The predicted molar refractivity (Wildman–Crippen MR) is 92.4 cm³/mol. The zero-order valence-electron chi connectivity index (χ0n) is 14.5. The van der Waals surface area contributed by atoms with Gasteiger partial charge in [-0.25, -0.2) is 4.39 Å². The number of ether oxygens (including phenoxy) is 2. The van der Waals surface area contributed by atoms with E-state index in [1.54, 1.807) is 29.3 Å². The van der Waals surface area contributed by atoms with E-state index in [4.69, 9.17) is 9.47 Å². The number of hydrogen-bond donors (Lipinski definition) is 1. The highest BCUT2D eigenvalue weighted by Gasteiger charge is 2.31. The quantitative estimate of drug-likeness (QED) is 0.915. The number of H-pyrrole nitrogens is 1. The minimum atomic E-state index is -0.452. The molecule has 0 aliphatic carbocycles. The van der Waals surface area contributed by atoms with E-state index < -0.39 is 6.10 Å². The van der Waals surface area contributed by atoms with Crippen molar-refractivity contribution in [3.05, 3.63) is 53.1 Å². The molecular formula is C19H22FN3O3. The van der Waals surface area contributed by atoms with Crippen LogP contribution >= 0.6 is 0 Å². The number of aromatic amines is 1. The van der Waals surface area contributed by atoms with Crippen LogP contribution in [0.2, 0.25) is 0 Å². The van der Waals surface area contributed by atoms with Crippen molar-refractivity contribution in [1.29, 1.82) is 0 Å². The van der Waals surface area contributed by atoms with Crippen LogP contribution in [0.25, 0.3) is 0 Å². The molecule has 2 saturated heterocycles. The van der Waals surface area contributed by atoms with Gasteiger partial charge in [0.2, 0.25) is 0 Å². The molecule has 0 saturated carbocycles. The van der Waals surface area contributed by atoms with Crippen molar-refractivity contribution in [2.45, 2.75) is 24.9 Å². The number of carbonyl (C=O) groups excluding carboxylic acids is 1. The highest BCUT2D eigenvalue weighted by Crippen LogP contribution is 2.30. The maximum atomic E-state index is 14.1. The van der Waals surface area contributed by atoms with Gasteiger partial charge in [0.1, 0.15) is 11.9 Å². The molecule has 0 bridgehead atoms. The summed E-state index contributed by atoms with van der Waals surface area (Å²) in [4.78, 5) is 14.8. The van der Waals surface area contributed by atoms with Crippen LogP contribution in [0.4, 0.5) is 4.39 Å². The van der Waals surface area contributed by atoms with Crippen molar-refractivity contribution < 1.29 is 18.7 Å². The van der Waals surface area contributed by atoms with E-state index >= 15 is 0 Å². The predicted octanol–water partition coefficient (Wildman–Crippen LogP) is 2.66. The fourth-order valence-corrected chi connectivity index (χ4v) is 3.69. The lowest BCUT2D eigenvalue weighted by atomic mass is 9.93. The molecule has 2 aliphatic rings. The van der Waals surface area contributed by atoms with Crippen molar-refractivity contribution in [3.8, 4) is 0 Å². The first-order valence-electron chi connectivity index (χ1n) is 9.00. The Kier molecular flexibility index (Phi) is 4.99. The fourth-order valence-electron chi connectivity index (χ4n) is 3.69. The number of hydrogen-bond acceptors (Lipinski definition) is 4. The van der Waals surface area contributed by atoms with Crippen molar-refractivity contribution in [2.24, 2.45) is 0 Å². The summed E-state index contributed by atoms with van der Waals surface area (Å²) in [5, 5.41) is 7.10. The van der Waals surface area contributed by atoms with Crippen LogP contribution in [0.1, 0.15) is 46.5 Å². The van der Waals surface area contributed by atoms with E-state index in [2.05, 4.69) is 10.2 Å². The third-order valence-corrected chi connectivity index (χ3v) is 5.13. The standard InChI is InChI=1S/C19H22FN3O3/c20-16-4-2-1-3-14(16)17-12-23(7-10-26-17)19(24)15-11-21-22-18(15)13-5-8-25-9-6-13/h1-4,11,13,17H,5-10,12H2,(H,21,22). The number of nitrogens with zero attached hydrogens (tertiary/aromatic N) is 2. The molecule has 0 spiro atoms. The fraction of sp³-hybridized carbons (Fsp3) is 0.474. The number of morpholine rings is 1. The normalized spacial score (nSPS) is 21.7. The highest BCUT2D eigenvalue weighted by molar-refractivity contribution is 5.95. The number of nitrogens with one attached hydrogen (secondary N) is 1. The van der Waals surface area contributed by atoms with Crippen molar-refractivity contribution in [3.63, 3.8) is 0 Å². The van der Waals surface area contributed by atoms with Gasteiger partial charge >= 0.3 is 0 Å². The van der Waals surface area contributed by atoms with E-state index in [0.29, 0.717) is 44.0 Å². The first-order chi connectivity index (χ1) is 12.7. The molecule has 4 rings (SSSR count). The Balaban J connectivity index is 1.52. The van der Waals surface area contributed by atoms with E-state index in [1.807, 2.05) is 0 Å². The maximum Gasteiger partial charge on any atom is 0.257 e. The molecule has 1 unspecified atom stereocenters. The Morgan fingerprint density at radius 2 is 2.04 bits per heavy atom. The van der Waals surface area contributed by atoms with E-state index in [0.717, 1.165) is 18.5 Å². The minimum absolute atomic E-state index is 0.0788. The summed E-state index contributed by atoms with van der Waals surface area (Å²) < 4.78 is 25.2. The Morgan fingerprint density at radius 1 is 1.23 bits per heavy atom. The Morgan fingerprint density at radius 3 is 2.85 bits per heavy atom. The average molecular weight is 359 g/mol. The van der Waals surface area contributed by atoms with Gasteiger partial charge < -0.3 is 14.4 Å². The molecule has 7 heteroatoms. The number of halogens is 1. The number of benzene rings is 1. The van der Waals surface area contributed by atoms with Crippen molar-refractivity contribution >= 4 is 5.91 Å². The molecule has 1 aromatic carbocycles. The van der Waals surface area contributed by atoms with Gasteiger partial charge in [0.15, 0.2) is 0 Å². The Bertz CT molecular complexity index is 773. The van der Waals surface area contributed by atoms with Gasteiger partial charge in [-0.3, -0.25) is 9.89 Å². The van der Waals surface area contributed by atoms with E-state index in [-0.39, 0.29) is 17.6 Å². The van der Waals surface area contributed by atoms with Crippen LogP contribution in [-0.4, -0.2) is 53.9 Å². The lowest BCUT2D eigenvalue weighted by Gasteiger charge is -2.33. The molecule has 1 N–H and O–H groups in total.